The van der Waals surface area contributed by atoms with Crippen LogP contribution < -0.4 is 19.5 Å². The molecule has 1 aliphatic carbocycles. The Balaban J connectivity index is 0.00000300. The van der Waals surface area contributed by atoms with Gasteiger partial charge < -0.3 is 19.5 Å². The minimum Gasteiger partial charge on any atom is -0.493 e. The SMILES string of the molecule is COc1cc(C(=O)NCC2(N3CCCCC3)CCCCC2)cc(OC)c1OC.Cl. The van der Waals surface area contributed by atoms with Crippen molar-refractivity contribution in [2.75, 3.05) is 41.0 Å². The van der Waals surface area contributed by atoms with Crippen molar-refractivity contribution in [2.45, 2.75) is 56.9 Å². The number of hydrogen-bond acceptors (Lipinski definition) is 5. The van der Waals surface area contributed by atoms with Gasteiger partial charge in [-0.25, -0.2) is 0 Å². The average Bonchev–Trinajstić information content (AvgIpc) is 2.77. The standard InChI is InChI=1S/C22H34N2O4.ClH/c1-26-18-14-17(15-19(27-2)20(18)28-3)21(25)23-16-22(10-6-4-7-11-22)24-12-8-5-9-13-24;/h14-15H,4-13,16H2,1-3H3,(H,23,25);1H. The van der Waals surface area contributed by atoms with Gasteiger partial charge in [-0.3, -0.25) is 9.69 Å². The van der Waals surface area contributed by atoms with Crippen LogP contribution in [0, 0.1) is 0 Å². The molecule has 0 spiro atoms. The summed E-state index contributed by atoms with van der Waals surface area (Å²) in [5.41, 5.74) is 0.633. The largest absolute Gasteiger partial charge is 0.493 e. The maximum Gasteiger partial charge on any atom is 0.251 e. The van der Waals surface area contributed by atoms with E-state index in [1.165, 1.54) is 51.4 Å². The summed E-state index contributed by atoms with van der Waals surface area (Å²) in [6.45, 7) is 3.00. The first kappa shape index (κ1) is 23.6. The van der Waals surface area contributed by atoms with E-state index >= 15 is 0 Å². The third-order valence-corrected chi connectivity index (χ3v) is 6.32. The lowest BCUT2D eigenvalue weighted by atomic mass is 9.79. The van der Waals surface area contributed by atoms with Crippen LogP contribution in [0.4, 0.5) is 0 Å². The van der Waals surface area contributed by atoms with E-state index < -0.39 is 0 Å². The van der Waals surface area contributed by atoms with Gasteiger partial charge in [-0.2, -0.15) is 0 Å². The number of halogens is 1. The van der Waals surface area contributed by atoms with Crippen molar-refractivity contribution in [1.82, 2.24) is 10.2 Å². The number of rotatable bonds is 7. The Morgan fingerprint density at radius 3 is 2.00 bits per heavy atom. The summed E-state index contributed by atoms with van der Waals surface area (Å²) in [4.78, 5) is 15.6. The Bertz CT molecular complexity index is 646. The van der Waals surface area contributed by atoms with Crippen LogP contribution in [0.2, 0.25) is 0 Å². The molecule has 1 saturated heterocycles. The van der Waals surface area contributed by atoms with E-state index in [0.717, 1.165) is 13.1 Å². The zero-order valence-corrected chi connectivity index (χ0v) is 18.7. The molecule has 164 valence electrons. The zero-order valence-electron chi connectivity index (χ0n) is 17.9. The van der Waals surface area contributed by atoms with Gasteiger partial charge in [0, 0.05) is 17.6 Å². The number of hydrogen-bond donors (Lipinski definition) is 1. The van der Waals surface area contributed by atoms with Crippen molar-refractivity contribution in [2.24, 2.45) is 0 Å². The fourth-order valence-electron chi connectivity index (χ4n) is 4.74. The van der Waals surface area contributed by atoms with Crippen molar-refractivity contribution in [3.05, 3.63) is 17.7 Å². The number of ether oxygens (including phenoxy) is 3. The normalized spacial score (nSPS) is 19.0. The summed E-state index contributed by atoms with van der Waals surface area (Å²) in [6, 6.07) is 3.43. The lowest BCUT2D eigenvalue weighted by Crippen LogP contribution is -2.58. The maximum absolute atomic E-state index is 13.0. The van der Waals surface area contributed by atoms with E-state index in [9.17, 15) is 4.79 Å². The highest BCUT2D eigenvalue weighted by Gasteiger charge is 2.38. The van der Waals surface area contributed by atoms with Crippen LogP contribution in [0.25, 0.3) is 0 Å². The number of amides is 1. The van der Waals surface area contributed by atoms with Gasteiger partial charge in [0.1, 0.15) is 0 Å². The predicted octanol–water partition coefficient (Wildman–Crippen LogP) is 4.05. The molecule has 0 atom stereocenters. The topological polar surface area (TPSA) is 60.0 Å². The van der Waals surface area contributed by atoms with E-state index in [0.29, 0.717) is 29.4 Å². The summed E-state index contributed by atoms with van der Waals surface area (Å²) >= 11 is 0. The first-order chi connectivity index (χ1) is 13.6. The minimum absolute atomic E-state index is 0. The molecule has 3 rings (SSSR count). The van der Waals surface area contributed by atoms with Gasteiger partial charge >= 0.3 is 0 Å². The molecule has 1 amide bonds. The molecule has 1 N–H and O–H groups in total. The molecule has 7 heteroatoms. The highest BCUT2D eigenvalue weighted by molar-refractivity contribution is 5.95. The summed E-state index contributed by atoms with van der Waals surface area (Å²) in [5, 5.41) is 3.21. The van der Waals surface area contributed by atoms with Gasteiger partial charge in [0.2, 0.25) is 5.75 Å². The lowest BCUT2D eigenvalue weighted by Gasteiger charge is -2.48. The van der Waals surface area contributed by atoms with Crippen LogP contribution in [0.5, 0.6) is 17.2 Å². The van der Waals surface area contributed by atoms with Crippen LogP contribution >= 0.6 is 12.4 Å². The van der Waals surface area contributed by atoms with E-state index in [-0.39, 0.29) is 23.9 Å². The summed E-state index contributed by atoms with van der Waals surface area (Å²) in [5.74, 6) is 1.39. The molecule has 1 heterocycles. The lowest BCUT2D eigenvalue weighted by molar-refractivity contribution is 0.0326. The Hall–Kier alpha value is -1.66. The Labute approximate surface area is 180 Å². The first-order valence-corrected chi connectivity index (χ1v) is 10.5. The average molecular weight is 427 g/mol. The molecule has 2 fully saturated rings. The molecule has 2 aliphatic rings. The first-order valence-electron chi connectivity index (χ1n) is 10.5. The molecular formula is C22H35ClN2O4. The van der Waals surface area contributed by atoms with E-state index in [4.69, 9.17) is 14.2 Å². The van der Waals surface area contributed by atoms with Crippen molar-refractivity contribution >= 4 is 18.3 Å². The monoisotopic (exact) mass is 426 g/mol. The maximum atomic E-state index is 13.0. The quantitative estimate of drug-likeness (QED) is 0.712. The van der Waals surface area contributed by atoms with E-state index in [1.807, 2.05) is 0 Å². The Kier molecular flexibility index (Phi) is 8.90. The summed E-state index contributed by atoms with van der Waals surface area (Å²) in [7, 11) is 4.68. The second-order valence-corrected chi connectivity index (χ2v) is 7.93. The molecule has 1 aromatic rings. The van der Waals surface area contributed by atoms with Crippen molar-refractivity contribution in [1.29, 1.82) is 0 Å². The fourth-order valence-corrected chi connectivity index (χ4v) is 4.74. The van der Waals surface area contributed by atoms with Crippen LogP contribution in [0.3, 0.4) is 0 Å². The molecule has 0 bridgehead atoms. The number of piperidine rings is 1. The Morgan fingerprint density at radius 2 is 1.48 bits per heavy atom. The predicted molar refractivity (Wildman–Crippen MR) is 117 cm³/mol. The highest BCUT2D eigenvalue weighted by atomic mass is 35.5. The molecule has 0 unspecified atom stereocenters. The number of likely N-dealkylation sites (tertiary alicyclic amines) is 1. The van der Waals surface area contributed by atoms with Gasteiger partial charge in [-0.05, 0) is 50.9 Å². The molecule has 29 heavy (non-hydrogen) atoms. The second kappa shape index (κ2) is 10.9. The number of carbonyl (C=O) groups excluding carboxylic acids is 1. The van der Waals surface area contributed by atoms with Crippen LogP contribution in [0.15, 0.2) is 12.1 Å². The molecule has 1 saturated carbocycles. The van der Waals surface area contributed by atoms with Gasteiger partial charge in [0.15, 0.2) is 11.5 Å². The minimum atomic E-state index is -0.0961. The van der Waals surface area contributed by atoms with Gasteiger partial charge in [0.25, 0.3) is 5.91 Å². The van der Waals surface area contributed by atoms with Crippen molar-refractivity contribution in [3.8, 4) is 17.2 Å². The fraction of sp³-hybridized carbons (Fsp3) is 0.682. The second-order valence-electron chi connectivity index (χ2n) is 7.93. The summed E-state index contributed by atoms with van der Waals surface area (Å²) < 4.78 is 16.1. The third kappa shape index (κ3) is 5.28. The van der Waals surface area contributed by atoms with Crippen molar-refractivity contribution in [3.63, 3.8) is 0 Å². The Morgan fingerprint density at radius 1 is 0.931 bits per heavy atom. The molecule has 1 aliphatic heterocycles. The summed E-state index contributed by atoms with van der Waals surface area (Å²) in [6.07, 6.45) is 9.99. The zero-order chi connectivity index (χ0) is 20.0. The van der Waals surface area contributed by atoms with Gasteiger partial charge in [0.05, 0.1) is 21.3 Å². The van der Waals surface area contributed by atoms with Gasteiger partial charge in [-0.15, -0.1) is 12.4 Å². The van der Waals surface area contributed by atoms with E-state index in [1.54, 1.807) is 33.5 Å². The van der Waals surface area contributed by atoms with Crippen LogP contribution in [-0.2, 0) is 0 Å². The number of benzene rings is 1. The smallest absolute Gasteiger partial charge is 0.251 e. The highest BCUT2D eigenvalue weighted by Crippen LogP contribution is 2.38. The van der Waals surface area contributed by atoms with Crippen LogP contribution in [-0.4, -0.2) is 57.3 Å². The third-order valence-electron chi connectivity index (χ3n) is 6.32. The van der Waals surface area contributed by atoms with E-state index in [2.05, 4.69) is 10.2 Å². The molecule has 1 aromatic carbocycles. The van der Waals surface area contributed by atoms with Crippen LogP contribution in [0.1, 0.15) is 61.7 Å². The molecule has 0 aromatic heterocycles. The number of methoxy groups -OCH3 is 3. The molecule has 6 nitrogen and oxygen atoms in total. The van der Waals surface area contributed by atoms with Crippen molar-refractivity contribution < 1.29 is 19.0 Å². The number of carbonyl (C=O) groups is 1. The molecular weight excluding hydrogens is 392 g/mol. The number of nitrogens with zero attached hydrogens (tertiary/aromatic N) is 1. The molecule has 0 radical (unpaired) electrons. The number of nitrogens with one attached hydrogen (secondary N) is 1. The van der Waals surface area contributed by atoms with Gasteiger partial charge in [-0.1, -0.05) is 25.7 Å².